The first kappa shape index (κ1) is 7.38. The van der Waals surface area contributed by atoms with Gasteiger partial charge in [0.25, 0.3) is 5.82 Å². The molecule has 0 saturated carbocycles. The summed E-state index contributed by atoms with van der Waals surface area (Å²) in [6, 6.07) is 0. The molecule has 0 atom stereocenters. The Bertz CT molecular complexity index is 365. The third-order valence-corrected chi connectivity index (χ3v) is 2.89. The lowest BCUT2D eigenvalue weighted by Gasteiger charge is -2.21. The van der Waals surface area contributed by atoms with E-state index in [9.17, 15) is 0 Å². The highest BCUT2D eigenvalue weighted by Crippen LogP contribution is 2.32. The zero-order chi connectivity index (χ0) is 8.84. The fourth-order valence-corrected chi connectivity index (χ4v) is 2.19. The number of hydrogen-bond acceptors (Lipinski definition) is 3. The molecule has 3 rings (SSSR count). The van der Waals surface area contributed by atoms with Gasteiger partial charge in [0.2, 0.25) is 11.5 Å². The van der Waals surface area contributed by atoms with Crippen molar-refractivity contribution in [2.75, 3.05) is 29.9 Å². The molecule has 5 heteroatoms. The molecule has 4 nitrogen and oxygen atoms in total. The number of halogens is 1. The zero-order valence-electron chi connectivity index (χ0n) is 7.13. The second kappa shape index (κ2) is 2.48. The van der Waals surface area contributed by atoms with E-state index in [2.05, 4.69) is 19.8 Å². The number of anilines is 2. The maximum atomic E-state index is 5.99. The summed E-state index contributed by atoms with van der Waals surface area (Å²) in [6.07, 6.45) is 1.81. The van der Waals surface area contributed by atoms with Crippen LogP contribution in [-0.2, 0) is 6.54 Å². The highest BCUT2D eigenvalue weighted by atomic mass is 35.5. The van der Waals surface area contributed by atoms with Crippen molar-refractivity contribution in [3.8, 4) is 0 Å². The normalized spacial score (nSPS) is 18.4. The number of nitrogens with one attached hydrogen (secondary N) is 1. The Balaban J connectivity index is 2.26. The first-order chi connectivity index (χ1) is 6.36. The SMILES string of the molecule is Clc1nc[n+]2c3c1NCCN3CC2. The van der Waals surface area contributed by atoms with Crippen LogP contribution >= 0.6 is 11.6 Å². The third kappa shape index (κ3) is 0.920. The van der Waals surface area contributed by atoms with Crippen molar-refractivity contribution in [3.63, 3.8) is 0 Å². The standard InChI is InChI=1S/C8H10ClN4/c9-7-6-8-12(2-1-10-6)3-4-13(8)5-11-7/h5,10H,1-4H2/q+1. The van der Waals surface area contributed by atoms with Crippen LogP contribution in [0.2, 0.25) is 5.15 Å². The Kier molecular flexibility index (Phi) is 1.41. The molecule has 1 aromatic heterocycles. The molecular formula is C8H10ClN4+. The number of nitrogens with zero attached hydrogens (tertiary/aromatic N) is 3. The van der Waals surface area contributed by atoms with Crippen LogP contribution in [0.15, 0.2) is 6.33 Å². The van der Waals surface area contributed by atoms with Gasteiger partial charge in [-0.2, -0.15) is 0 Å². The largest absolute Gasteiger partial charge is 0.373 e. The molecule has 0 unspecified atom stereocenters. The molecule has 2 aliphatic heterocycles. The van der Waals surface area contributed by atoms with Gasteiger partial charge in [0.1, 0.15) is 6.54 Å². The molecule has 0 spiro atoms. The Morgan fingerprint density at radius 1 is 1.54 bits per heavy atom. The van der Waals surface area contributed by atoms with Crippen LogP contribution < -0.4 is 14.8 Å². The van der Waals surface area contributed by atoms with E-state index < -0.39 is 0 Å². The summed E-state index contributed by atoms with van der Waals surface area (Å²) >= 11 is 5.99. The average Bonchev–Trinajstić information content (AvgIpc) is 2.57. The van der Waals surface area contributed by atoms with Crippen molar-refractivity contribution in [2.24, 2.45) is 0 Å². The molecule has 0 aliphatic carbocycles. The molecule has 2 aliphatic rings. The molecule has 0 saturated heterocycles. The average molecular weight is 198 g/mol. The van der Waals surface area contributed by atoms with Crippen LogP contribution in [0.3, 0.4) is 0 Å². The van der Waals surface area contributed by atoms with Gasteiger partial charge in [-0.1, -0.05) is 4.98 Å². The highest BCUT2D eigenvalue weighted by molar-refractivity contribution is 6.32. The quantitative estimate of drug-likeness (QED) is 0.479. The topological polar surface area (TPSA) is 32.0 Å². The van der Waals surface area contributed by atoms with E-state index in [-0.39, 0.29) is 0 Å². The molecule has 0 bridgehead atoms. The summed E-state index contributed by atoms with van der Waals surface area (Å²) in [7, 11) is 0. The maximum Gasteiger partial charge on any atom is 0.252 e. The smallest absolute Gasteiger partial charge is 0.252 e. The Hall–Kier alpha value is -1.03. The minimum Gasteiger partial charge on any atom is -0.373 e. The van der Waals surface area contributed by atoms with Gasteiger partial charge in [-0.3, -0.25) is 4.90 Å². The van der Waals surface area contributed by atoms with Crippen molar-refractivity contribution < 1.29 is 4.57 Å². The van der Waals surface area contributed by atoms with Crippen molar-refractivity contribution in [1.82, 2.24) is 4.98 Å². The van der Waals surface area contributed by atoms with Gasteiger partial charge in [0.15, 0.2) is 5.69 Å². The molecule has 3 heterocycles. The van der Waals surface area contributed by atoms with Crippen molar-refractivity contribution in [3.05, 3.63) is 11.5 Å². The van der Waals surface area contributed by atoms with Crippen LogP contribution in [0, 0.1) is 0 Å². The Morgan fingerprint density at radius 3 is 3.38 bits per heavy atom. The molecule has 1 N–H and O–H groups in total. The Morgan fingerprint density at radius 2 is 2.46 bits per heavy atom. The minimum atomic E-state index is 0.581. The fraction of sp³-hybridized carbons (Fsp3) is 0.500. The summed E-state index contributed by atoms with van der Waals surface area (Å²) in [5, 5.41) is 3.87. The minimum absolute atomic E-state index is 0.581. The maximum absolute atomic E-state index is 5.99. The third-order valence-electron chi connectivity index (χ3n) is 2.61. The second-order valence-corrected chi connectivity index (χ2v) is 3.70. The Labute approximate surface area is 81.1 Å². The van der Waals surface area contributed by atoms with E-state index in [4.69, 9.17) is 11.6 Å². The lowest BCUT2D eigenvalue weighted by molar-refractivity contribution is -0.673. The van der Waals surface area contributed by atoms with Crippen LogP contribution in [0.25, 0.3) is 0 Å². The molecule has 1 aromatic rings. The predicted molar refractivity (Wildman–Crippen MR) is 50.1 cm³/mol. The lowest BCUT2D eigenvalue weighted by atomic mass is 10.3. The van der Waals surface area contributed by atoms with Crippen LogP contribution in [-0.4, -0.2) is 24.6 Å². The number of hydrogen-bond donors (Lipinski definition) is 1. The summed E-state index contributed by atoms with van der Waals surface area (Å²) < 4.78 is 2.15. The van der Waals surface area contributed by atoms with Crippen molar-refractivity contribution in [2.45, 2.75) is 6.54 Å². The van der Waals surface area contributed by atoms with E-state index in [0.717, 1.165) is 31.9 Å². The van der Waals surface area contributed by atoms with E-state index in [1.807, 2.05) is 6.33 Å². The van der Waals surface area contributed by atoms with E-state index >= 15 is 0 Å². The monoisotopic (exact) mass is 197 g/mol. The summed E-state index contributed by atoms with van der Waals surface area (Å²) in [4.78, 5) is 6.48. The van der Waals surface area contributed by atoms with E-state index in [1.54, 1.807) is 0 Å². The first-order valence-corrected chi connectivity index (χ1v) is 4.81. The summed E-state index contributed by atoms with van der Waals surface area (Å²) in [5.74, 6) is 1.20. The fourth-order valence-electron chi connectivity index (χ4n) is 2.00. The van der Waals surface area contributed by atoms with Crippen molar-refractivity contribution in [1.29, 1.82) is 0 Å². The van der Waals surface area contributed by atoms with E-state index in [0.29, 0.717) is 5.15 Å². The zero-order valence-corrected chi connectivity index (χ0v) is 7.88. The van der Waals surface area contributed by atoms with Crippen LogP contribution in [0.4, 0.5) is 11.5 Å². The molecule has 13 heavy (non-hydrogen) atoms. The predicted octanol–water partition coefficient (Wildman–Crippen LogP) is 0.268. The van der Waals surface area contributed by atoms with Gasteiger partial charge in [-0.15, -0.1) is 0 Å². The van der Waals surface area contributed by atoms with E-state index in [1.165, 1.54) is 5.82 Å². The molecule has 68 valence electrons. The first-order valence-electron chi connectivity index (χ1n) is 4.43. The highest BCUT2D eigenvalue weighted by Gasteiger charge is 2.33. The van der Waals surface area contributed by atoms with Gasteiger partial charge >= 0.3 is 0 Å². The van der Waals surface area contributed by atoms with Crippen LogP contribution in [0.5, 0.6) is 0 Å². The molecular weight excluding hydrogens is 188 g/mol. The summed E-state index contributed by atoms with van der Waals surface area (Å²) in [5.41, 5.74) is 0.993. The lowest BCUT2D eigenvalue weighted by Crippen LogP contribution is -2.37. The number of aromatic nitrogens is 2. The summed E-state index contributed by atoms with van der Waals surface area (Å²) in [6.45, 7) is 4.12. The molecule has 0 amide bonds. The van der Waals surface area contributed by atoms with Gasteiger partial charge < -0.3 is 5.32 Å². The second-order valence-electron chi connectivity index (χ2n) is 3.34. The molecule has 0 fully saturated rings. The molecule has 0 radical (unpaired) electrons. The van der Waals surface area contributed by atoms with Gasteiger partial charge in [0, 0.05) is 6.54 Å². The van der Waals surface area contributed by atoms with Crippen LogP contribution in [0.1, 0.15) is 0 Å². The van der Waals surface area contributed by atoms with Gasteiger partial charge in [0.05, 0.1) is 13.1 Å². The van der Waals surface area contributed by atoms with Crippen molar-refractivity contribution >= 4 is 23.1 Å². The number of rotatable bonds is 0. The van der Waals surface area contributed by atoms with Gasteiger partial charge in [-0.05, 0) is 11.6 Å². The molecule has 0 aromatic carbocycles. The van der Waals surface area contributed by atoms with Gasteiger partial charge in [-0.25, -0.2) is 4.57 Å².